The first-order chi connectivity index (χ1) is 9.97. The van der Waals surface area contributed by atoms with E-state index in [0.717, 1.165) is 0 Å². The maximum absolute atomic E-state index is 12.4. The molecule has 2 saturated heterocycles. The highest BCUT2D eigenvalue weighted by atomic mass is 16.6. The molecule has 7 nitrogen and oxygen atoms in total. The SMILES string of the molecule is Cc1cc(C(=O)N2CCC3(CC2)CNC(=O)O3)cc(=O)[nH]1. The van der Waals surface area contributed by atoms with E-state index in [-0.39, 0.29) is 17.6 Å². The second kappa shape index (κ2) is 4.91. The lowest BCUT2D eigenvalue weighted by Crippen LogP contribution is -2.48. The number of nitrogens with one attached hydrogen (secondary N) is 2. The summed E-state index contributed by atoms with van der Waals surface area (Å²) >= 11 is 0. The lowest BCUT2D eigenvalue weighted by atomic mass is 9.91. The van der Waals surface area contributed by atoms with Crippen molar-refractivity contribution in [3.05, 3.63) is 33.7 Å². The van der Waals surface area contributed by atoms with Crippen LogP contribution < -0.4 is 10.9 Å². The second-order valence-corrected chi connectivity index (χ2v) is 5.63. The van der Waals surface area contributed by atoms with Crippen molar-refractivity contribution in [1.82, 2.24) is 15.2 Å². The Morgan fingerprint density at radius 3 is 2.57 bits per heavy atom. The van der Waals surface area contributed by atoms with Crippen LogP contribution in [0.1, 0.15) is 28.9 Å². The normalized spacial score (nSPS) is 20.2. The van der Waals surface area contributed by atoms with E-state index >= 15 is 0 Å². The van der Waals surface area contributed by atoms with Gasteiger partial charge in [-0.3, -0.25) is 9.59 Å². The van der Waals surface area contributed by atoms with Crippen molar-refractivity contribution in [2.45, 2.75) is 25.4 Å². The molecule has 0 unspecified atom stereocenters. The summed E-state index contributed by atoms with van der Waals surface area (Å²) in [6.45, 7) is 3.27. The highest BCUT2D eigenvalue weighted by Crippen LogP contribution is 2.29. The summed E-state index contributed by atoms with van der Waals surface area (Å²) in [5, 5.41) is 2.66. The van der Waals surface area contributed by atoms with Crippen LogP contribution in [0.5, 0.6) is 0 Å². The molecule has 2 aliphatic heterocycles. The third-order valence-electron chi connectivity index (χ3n) is 4.05. The van der Waals surface area contributed by atoms with Crippen molar-refractivity contribution in [2.24, 2.45) is 0 Å². The van der Waals surface area contributed by atoms with Gasteiger partial charge in [-0.15, -0.1) is 0 Å². The number of carbonyl (C=O) groups excluding carboxylic acids is 2. The Bertz CT molecular complexity index is 644. The molecule has 0 atom stereocenters. The second-order valence-electron chi connectivity index (χ2n) is 5.63. The minimum atomic E-state index is -0.474. The van der Waals surface area contributed by atoms with Crippen molar-refractivity contribution in [2.75, 3.05) is 19.6 Å². The third kappa shape index (κ3) is 2.63. The zero-order chi connectivity index (χ0) is 15.0. The number of alkyl carbamates (subject to hydrolysis) is 1. The number of H-pyrrole nitrogens is 1. The highest BCUT2D eigenvalue weighted by Gasteiger charge is 2.43. The number of aryl methyl sites for hydroxylation is 1. The number of hydrogen-bond acceptors (Lipinski definition) is 4. The molecule has 0 bridgehead atoms. The van der Waals surface area contributed by atoms with Crippen LogP contribution in [-0.2, 0) is 4.74 Å². The van der Waals surface area contributed by atoms with Crippen LogP contribution in [0, 0.1) is 6.92 Å². The number of amides is 2. The largest absolute Gasteiger partial charge is 0.441 e. The first-order valence-electron chi connectivity index (χ1n) is 6.95. The van der Waals surface area contributed by atoms with Gasteiger partial charge in [0.05, 0.1) is 6.54 Å². The minimum Gasteiger partial charge on any atom is -0.441 e. The summed E-state index contributed by atoms with van der Waals surface area (Å²) in [5.74, 6) is -0.156. The number of hydrogen-bond donors (Lipinski definition) is 2. The Balaban J connectivity index is 1.70. The molecule has 21 heavy (non-hydrogen) atoms. The molecule has 2 amide bonds. The molecule has 3 rings (SSSR count). The molecule has 1 aromatic heterocycles. The molecule has 1 aromatic rings. The molecule has 2 aliphatic rings. The molecular formula is C14H17N3O4. The molecule has 112 valence electrons. The van der Waals surface area contributed by atoms with Crippen LogP contribution in [0.4, 0.5) is 4.79 Å². The van der Waals surface area contributed by atoms with Gasteiger partial charge in [0.2, 0.25) is 5.56 Å². The summed E-state index contributed by atoms with van der Waals surface area (Å²) in [4.78, 5) is 39.4. The van der Waals surface area contributed by atoms with Crippen LogP contribution in [-0.4, -0.2) is 47.1 Å². The Morgan fingerprint density at radius 2 is 2.00 bits per heavy atom. The fraction of sp³-hybridized carbons (Fsp3) is 0.500. The maximum atomic E-state index is 12.4. The minimum absolute atomic E-state index is 0.156. The van der Waals surface area contributed by atoms with Gasteiger partial charge < -0.3 is 19.9 Å². The fourth-order valence-electron chi connectivity index (χ4n) is 2.89. The third-order valence-corrected chi connectivity index (χ3v) is 4.05. The van der Waals surface area contributed by atoms with Gasteiger partial charge in [-0.1, -0.05) is 0 Å². The summed E-state index contributed by atoms with van der Waals surface area (Å²) < 4.78 is 5.32. The molecule has 2 fully saturated rings. The van der Waals surface area contributed by atoms with E-state index in [9.17, 15) is 14.4 Å². The maximum Gasteiger partial charge on any atom is 0.407 e. The van der Waals surface area contributed by atoms with Gasteiger partial charge in [0, 0.05) is 43.3 Å². The van der Waals surface area contributed by atoms with E-state index in [1.165, 1.54) is 6.07 Å². The average Bonchev–Trinajstić information content (AvgIpc) is 2.79. The number of ether oxygens (including phenoxy) is 1. The van der Waals surface area contributed by atoms with Crippen LogP contribution >= 0.6 is 0 Å². The van der Waals surface area contributed by atoms with Crippen molar-refractivity contribution in [3.8, 4) is 0 Å². The molecule has 0 aromatic carbocycles. The summed E-state index contributed by atoms with van der Waals surface area (Å²) in [6, 6.07) is 2.99. The van der Waals surface area contributed by atoms with Gasteiger partial charge in [-0.25, -0.2) is 4.79 Å². The topological polar surface area (TPSA) is 91.5 Å². The van der Waals surface area contributed by atoms with Gasteiger partial charge in [0.1, 0.15) is 5.60 Å². The first-order valence-corrected chi connectivity index (χ1v) is 6.95. The van der Waals surface area contributed by atoms with E-state index in [1.807, 2.05) is 0 Å². The molecule has 0 aliphatic carbocycles. The molecule has 0 saturated carbocycles. The number of likely N-dealkylation sites (tertiary alicyclic amines) is 1. The predicted octanol–water partition coefficient (Wildman–Crippen LogP) is 0.398. The Morgan fingerprint density at radius 1 is 1.29 bits per heavy atom. The molecule has 3 heterocycles. The molecule has 0 radical (unpaired) electrons. The quantitative estimate of drug-likeness (QED) is 0.783. The van der Waals surface area contributed by atoms with E-state index in [2.05, 4.69) is 10.3 Å². The predicted molar refractivity (Wildman–Crippen MR) is 74.2 cm³/mol. The number of aromatic amines is 1. The van der Waals surface area contributed by atoms with Gasteiger partial charge in [-0.2, -0.15) is 0 Å². The van der Waals surface area contributed by atoms with E-state index in [4.69, 9.17) is 4.74 Å². The van der Waals surface area contributed by atoms with Gasteiger partial charge >= 0.3 is 6.09 Å². The summed E-state index contributed by atoms with van der Waals surface area (Å²) in [7, 11) is 0. The van der Waals surface area contributed by atoms with Gasteiger partial charge in [-0.05, 0) is 13.0 Å². The van der Waals surface area contributed by atoms with E-state index in [1.54, 1.807) is 17.9 Å². The molecule has 7 heteroatoms. The van der Waals surface area contributed by atoms with Crippen LogP contribution in [0.3, 0.4) is 0 Å². The van der Waals surface area contributed by atoms with Crippen molar-refractivity contribution >= 4 is 12.0 Å². The van der Waals surface area contributed by atoms with Crippen LogP contribution in [0.2, 0.25) is 0 Å². The van der Waals surface area contributed by atoms with Crippen molar-refractivity contribution in [1.29, 1.82) is 0 Å². The standard InChI is InChI=1S/C14H17N3O4/c1-9-6-10(7-11(18)16-9)12(19)17-4-2-14(3-5-17)8-15-13(20)21-14/h6-7H,2-5,8H2,1H3,(H,15,20)(H,16,18). The van der Waals surface area contributed by atoms with Gasteiger partial charge in [0.25, 0.3) is 5.91 Å². The monoisotopic (exact) mass is 291 g/mol. The lowest BCUT2D eigenvalue weighted by molar-refractivity contribution is 0.00330. The molecule has 1 spiro atoms. The van der Waals surface area contributed by atoms with Crippen LogP contribution in [0.25, 0.3) is 0 Å². The van der Waals surface area contributed by atoms with Crippen molar-refractivity contribution < 1.29 is 14.3 Å². The fourth-order valence-corrected chi connectivity index (χ4v) is 2.89. The zero-order valence-corrected chi connectivity index (χ0v) is 11.8. The number of rotatable bonds is 1. The zero-order valence-electron chi connectivity index (χ0n) is 11.8. The number of carbonyl (C=O) groups is 2. The molecular weight excluding hydrogens is 274 g/mol. The lowest BCUT2D eigenvalue weighted by Gasteiger charge is -2.37. The number of aromatic nitrogens is 1. The number of nitrogens with zero attached hydrogens (tertiary/aromatic N) is 1. The first kappa shape index (κ1) is 13.7. The Labute approximate surface area is 121 Å². The summed E-state index contributed by atoms with van der Waals surface area (Å²) in [6.07, 6.45) is 0.833. The number of piperidine rings is 1. The smallest absolute Gasteiger partial charge is 0.407 e. The Hall–Kier alpha value is -2.31. The number of pyridine rings is 1. The average molecular weight is 291 g/mol. The summed E-state index contributed by atoms with van der Waals surface area (Å²) in [5.41, 5.74) is 0.306. The van der Waals surface area contributed by atoms with E-state index in [0.29, 0.717) is 43.7 Å². The van der Waals surface area contributed by atoms with Gasteiger partial charge in [0.15, 0.2) is 0 Å². The highest BCUT2D eigenvalue weighted by molar-refractivity contribution is 5.94. The van der Waals surface area contributed by atoms with E-state index < -0.39 is 5.60 Å². The Kier molecular flexibility index (Phi) is 3.19. The van der Waals surface area contributed by atoms with Crippen LogP contribution in [0.15, 0.2) is 16.9 Å². The van der Waals surface area contributed by atoms with Crippen molar-refractivity contribution in [3.63, 3.8) is 0 Å². The molecule has 2 N–H and O–H groups in total.